The van der Waals surface area contributed by atoms with Crippen LogP contribution in [0.25, 0.3) is 0 Å². The van der Waals surface area contributed by atoms with Gasteiger partial charge in [-0.3, -0.25) is 9.59 Å². The molecule has 0 fully saturated rings. The van der Waals surface area contributed by atoms with E-state index in [1.54, 1.807) is 20.8 Å². The quantitative estimate of drug-likeness (QED) is 0.335. The predicted octanol–water partition coefficient (Wildman–Crippen LogP) is 3.47. The molecule has 206 valence electrons. The monoisotopic (exact) mass is 525 g/mol. The van der Waals surface area contributed by atoms with Crippen molar-refractivity contribution >= 4 is 23.9 Å². The van der Waals surface area contributed by atoms with Crippen molar-refractivity contribution in [2.24, 2.45) is 5.92 Å². The molecule has 9 heteroatoms. The second-order valence-corrected chi connectivity index (χ2v) is 10.7. The summed E-state index contributed by atoms with van der Waals surface area (Å²) in [4.78, 5) is 51.0. The molecule has 0 heterocycles. The second kappa shape index (κ2) is 14.2. The molecular weight excluding hydrogens is 486 g/mol. The van der Waals surface area contributed by atoms with Gasteiger partial charge in [0, 0.05) is 12.8 Å². The van der Waals surface area contributed by atoms with E-state index in [9.17, 15) is 24.3 Å². The van der Waals surface area contributed by atoms with E-state index in [-0.39, 0.29) is 25.2 Å². The molecule has 3 atom stereocenters. The summed E-state index contributed by atoms with van der Waals surface area (Å²) in [5.41, 5.74) is 0.814. The molecule has 0 unspecified atom stereocenters. The largest absolute Gasteiger partial charge is 0.480 e. The van der Waals surface area contributed by atoms with Crippen molar-refractivity contribution in [1.29, 1.82) is 0 Å². The van der Waals surface area contributed by atoms with Gasteiger partial charge in [-0.15, -0.1) is 0 Å². The van der Waals surface area contributed by atoms with E-state index in [1.807, 2.05) is 74.5 Å². The van der Waals surface area contributed by atoms with E-state index >= 15 is 0 Å². The number of aliphatic carboxylic acids is 1. The van der Waals surface area contributed by atoms with Crippen LogP contribution in [0.5, 0.6) is 0 Å². The van der Waals surface area contributed by atoms with E-state index in [4.69, 9.17) is 4.74 Å². The first-order valence-electron chi connectivity index (χ1n) is 12.7. The van der Waals surface area contributed by atoms with Crippen LogP contribution in [0.1, 0.15) is 52.2 Å². The molecule has 0 aliphatic heterocycles. The Morgan fingerprint density at radius 2 is 1.16 bits per heavy atom. The molecule has 2 rings (SSSR count). The number of alkyl carbamates (subject to hydrolysis) is 1. The van der Waals surface area contributed by atoms with Crippen LogP contribution in [0, 0.1) is 5.92 Å². The van der Waals surface area contributed by atoms with Crippen molar-refractivity contribution in [3.8, 4) is 0 Å². The zero-order valence-electron chi connectivity index (χ0n) is 22.7. The van der Waals surface area contributed by atoms with E-state index < -0.39 is 47.6 Å². The maximum atomic E-state index is 13.5. The van der Waals surface area contributed by atoms with Gasteiger partial charge >= 0.3 is 12.1 Å². The van der Waals surface area contributed by atoms with Gasteiger partial charge in [0.2, 0.25) is 11.8 Å². The van der Waals surface area contributed by atoms with Crippen molar-refractivity contribution in [3.63, 3.8) is 0 Å². The lowest BCUT2D eigenvalue weighted by molar-refractivity contribution is -0.142. The number of hydrogen-bond donors (Lipinski definition) is 4. The predicted molar refractivity (Wildman–Crippen MR) is 144 cm³/mol. The molecule has 0 saturated carbocycles. The Labute approximate surface area is 224 Å². The fourth-order valence-electron chi connectivity index (χ4n) is 3.81. The molecule has 9 nitrogen and oxygen atoms in total. The minimum Gasteiger partial charge on any atom is -0.480 e. The van der Waals surface area contributed by atoms with Gasteiger partial charge in [-0.25, -0.2) is 9.59 Å². The van der Waals surface area contributed by atoms with E-state index in [0.29, 0.717) is 0 Å². The smallest absolute Gasteiger partial charge is 0.408 e. The summed E-state index contributed by atoms with van der Waals surface area (Å²) in [6, 6.07) is 15.0. The first kappa shape index (κ1) is 30.3. The average Bonchev–Trinajstić information content (AvgIpc) is 2.82. The third-order valence-corrected chi connectivity index (χ3v) is 5.53. The summed E-state index contributed by atoms with van der Waals surface area (Å²) in [5, 5.41) is 17.5. The molecule has 0 bridgehead atoms. The highest BCUT2D eigenvalue weighted by atomic mass is 16.6. The Morgan fingerprint density at radius 3 is 1.55 bits per heavy atom. The first-order valence-corrected chi connectivity index (χ1v) is 12.7. The standard InChI is InChI=1S/C29H39N3O6/c1-19(2)16-24(27(35)36)31-25(33)22(17-20-12-8-6-9-13-20)30-26(34)23(18-21-14-10-7-11-15-21)32-28(37)38-29(3,4)5/h6-15,19,22-24H,16-18H2,1-5H3,(H,30,34)(H,31,33)(H,32,37)(H,35,36)/t22-,23+,24-/m0/s1. The second-order valence-electron chi connectivity index (χ2n) is 10.7. The normalized spacial score (nSPS) is 13.6. The van der Waals surface area contributed by atoms with Crippen LogP contribution >= 0.6 is 0 Å². The molecule has 0 aliphatic rings. The van der Waals surface area contributed by atoms with Crippen LogP contribution in [-0.4, -0.2) is 52.7 Å². The number of carboxylic acid groups (broad SMARTS) is 1. The van der Waals surface area contributed by atoms with Gasteiger partial charge in [0.05, 0.1) is 0 Å². The zero-order valence-corrected chi connectivity index (χ0v) is 22.7. The summed E-state index contributed by atoms with van der Waals surface area (Å²) < 4.78 is 5.35. The van der Waals surface area contributed by atoms with Crippen molar-refractivity contribution in [2.45, 2.75) is 77.6 Å². The lowest BCUT2D eigenvalue weighted by atomic mass is 10.0. The van der Waals surface area contributed by atoms with Crippen LogP contribution in [0.2, 0.25) is 0 Å². The Balaban J connectivity index is 2.29. The van der Waals surface area contributed by atoms with Crippen LogP contribution < -0.4 is 16.0 Å². The average molecular weight is 526 g/mol. The number of hydrogen-bond acceptors (Lipinski definition) is 5. The molecule has 0 radical (unpaired) electrons. The third kappa shape index (κ3) is 11.0. The van der Waals surface area contributed by atoms with Gasteiger partial charge in [0.1, 0.15) is 23.7 Å². The zero-order chi connectivity index (χ0) is 28.3. The molecule has 4 N–H and O–H groups in total. The SMILES string of the molecule is CC(C)C[C@H](NC(=O)[C@H](Cc1ccccc1)NC(=O)[C@@H](Cc1ccccc1)NC(=O)OC(C)(C)C)C(=O)O. The lowest BCUT2D eigenvalue weighted by Gasteiger charge is -2.26. The maximum Gasteiger partial charge on any atom is 0.408 e. The van der Waals surface area contributed by atoms with Crippen molar-refractivity contribution in [3.05, 3.63) is 71.8 Å². The van der Waals surface area contributed by atoms with Gasteiger partial charge in [-0.2, -0.15) is 0 Å². The molecular formula is C29H39N3O6. The Hall–Kier alpha value is -3.88. The summed E-state index contributed by atoms with van der Waals surface area (Å²) in [6.45, 7) is 8.88. The third-order valence-electron chi connectivity index (χ3n) is 5.53. The molecule has 0 saturated heterocycles. The fraction of sp³-hybridized carbons (Fsp3) is 0.448. The van der Waals surface area contributed by atoms with E-state index in [1.165, 1.54) is 0 Å². The van der Waals surface area contributed by atoms with Gasteiger partial charge in [0.25, 0.3) is 0 Å². The lowest BCUT2D eigenvalue weighted by Crippen LogP contribution is -2.57. The number of ether oxygens (including phenoxy) is 1. The van der Waals surface area contributed by atoms with Crippen molar-refractivity contribution in [2.75, 3.05) is 0 Å². The number of amides is 3. The van der Waals surface area contributed by atoms with Crippen LogP contribution in [-0.2, 0) is 32.0 Å². The van der Waals surface area contributed by atoms with Gasteiger partial charge in [-0.05, 0) is 44.2 Å². The number of rotatable bonds is 12. The molecule has 0 spiro atoms. The van der Waals surface area contributed by atoms with Crippen LogP contribution in [0.4, 0.5) is 4.79 Å². The van der Waals surface area contributed by atoms with Crippen molar-refractivity contribution < 1.29 is 29.0 Å². The Kier molecular flexibility index (Phi) is 11.3. The minimum absolute atomic E-state index is 0.0341. The minimum atomic E-state index is -1.15. The molecule has 38 heavy (non-hydrogen) atoms. The highest BCUT2D eigenvalue weighted by Gasteiger charge is 2.31. The van der Waals surface area contributed by atoms with Gasteiger partial charge in [0.15, 0.2) is 0 Å². The highest BCUT2D eigenvalue weighted by molar-refractivity contribution is 5.93. The number of benzene rings is 2. The highest BCUT2D eigenvalue weighted by Crippen LogP contribution is 2.11. The maximum absolute atomic E-state index is 13.5. The van der Waals surface area contributed by atoms with E-state index in [2.05, 4.69) is 16.0 Å². The Morgan fingerprint density at radius 1 is 0.737 bits per heavy atom. The molecule has 2 aromatic carbocycles. The van der Waals surface area contributed by atoms with Crippen LogP contribution in [0.15, 0.2) is 60.7 Å². The van der Waals surface area contributed by atoms with Gasteiger partial charge in [-0.1, -0.05) is 74.5 Å². The fourth-order valence-corrected chi connectivity index (χ4v) is 3.81. The van der Waals surface area contributed by atoms with E-state index in [0.717, 1.165) is 11.1 Å². The molecule has 0 aliphatic carbocycles. The summed E-state index contributed by atoms with van der Waals surface area (Å²) >= 11 is 0. The number of nitrogens with one attached hydrogen (secondary N) is 3. The summed E-state index contributed by atoms with van der Waals surface area (Å²) in [5.74, 6) is -2.32. The van der Waals surface area contributed by atoms with Crippen molar-refractivity contribution in [1.82, 2.24) is 16.0 Å². The van der Waals surface area contributed by atoms with Gasteiger partial charge < -0.3 is 25.8 Å². The van der Waals surface area contributed by atoms with Crippen LogP contribution in [0.3, 0.4) is 0 Å². The first-order chi connectivity index (χ1) is 17.8. The Bertz CT molecular complexity index is 1070. The number of carbonyl (C=O) groups excluding carboxylic acids is 3. The molecule has 3 amide bonds. The summed E-state index contributed by atoms with van der Waals surface area (Å²) in [6.07, 6.45) is -0.224. The summed E-state index contributed by atoms with van der Waals surface area (Å²) in [7, 11) is 0. The number of carbonyl (C=O) groups is 4. The molecule has 2 aromatic rings. The molecule has 0 aromatic heterocycles. The number of carboxylic acids is 1. The topological polar surface area (TPSA) is 134 Å².